The van der Waals surface area contributed by atoms with E-state index < -0.39 is 0 Å². The van der Waals surface area contributed by atoms with E-state index in [0.717, 1.165) is 4.47 Å². The van der Waals surface area contributed by atoms with Crippen LogP contribution in [-0.2, 0) is 0 Å². The first-order valence-electron chi connectivity index (χ1n) is 3.56. The zero-order valence-electron chi connectivity index (χ0n) is 6.53. The second kappa shape index (κ2) is 2.75. The Balaban J connectivity index is 2.99. The fourth-order valence-corrected chi connectivity index (χ4v) is 1.72. The van der Waals surface area contributed by atoms with E-state index in [-0.39, 0.29) is 5.82 Å². The van der Waals surface area contributed by atoms with Gasteiger partial charge in [-0.1, -0.05) is 0 Å². The number of hydrogen-bond acceptors (Lipinski definition) is 3. The van der Waals surface area contributed by atoms with Gasteiger partial charge in [0, 0.05) is 10.7 Å². The number of nitrogens with two attached hydrogens (primary N) is 1. The van der Waals surface area contributed by atoms with Crippen LogP contribution in [0.2, 0.25) is 0 Å². The van der Waals surface area contributed by atoms with Crippen LogP contribution in [0.5, 0.6) is 0 Å². The molecule has 0 amide bonds. The molecule has 0 aliphatic heterocycles. The quantitative estimate of drug-likeness (QED) is 0.755. The summed E-state index contributed by atoms with van der Waals surface area (Å²) >= 11 is 3.33. The van der Waals surface area contributed by atoms with Crippen molar-refractivity contribution < 1.29 is 0 Å². The Hall–Kier alpha value is -1.54. The van der Waals surface area contributed by atoms with Gasteiger partial charge in [-0.15, -0.1) is 5.10 Å². The van der Waals surface area contributed by atoms with Gasteiger partial charge in [-0.05, 0) is 28.1 Å². The average Bonchev–Trinajstić information content (AvgIpc) is 2.42. The van der Waals surface area contributed by atoms with Crippen LogP contribution < -0.4 is 5.73 Å². The predicted octanol–water partition coefficient (Wildman–Crippen LogP) is 1.55. The molecule has 0 saturated heterocycles. The minimum Gasteiger partial charge on any atom is -0.381 e. The van der Waals surface area contributed by atoms with E-state index in [2.05, 4.69) is 21.0 Å². The van der Waals surface area contributed by atoms with Crippen LogP contribution in [0.1, 0.15) is 5.56 Å². The maximum absolute atomic E-state index is 8.83. The second-order valence-electron chi connectivity index (χ2n) is 2.52. The second-order valence-corrected chi connectivity index (χ2v) is 3.38. The Morgan fingerprint density at radius 1 is 1.62 bits per heavy atom. The van der Waals surface area contributed by atoms with Crippen molar-refractivity contribution in [1.29, 1.82) is 5.26 Å². The van der Waals surface area contributed by atoms with E-state index in [0.29, 0.717) is 11.1 Å². The molecular formula is C8H5BrN4. The lowest BCUT2D eigenvalue weighted by atomic mass is 10.3. The van der Waals surface area contributed by atoms with Crippen LogP contribution in [0.3, 0.4) is 0 Å². The molecule has 2 rings (SSSR count). The molecular weight excluding hydrogens is 232 g/mol. The zero-order valence-corrected chi connectivity index (χ0v) is 8.12. The molecule has 64 valence electrons. The summed E-state index contributed by atoms with van der Waals surface area (Å²) in [5.41, 5.74) is 6.68. The molecule has 0 aliphatic rings. The fraction of sp³-hybridized carbons (Fsp3) is 0. The number of nitrogen functional groups attached to an aromatic ring is 1. The first kappa shape index (κ1) is 8.08. The summed E-state index contributed by atoms with van der Waals surface area (Å²) in [6.07, 6.45) is 1.75. The monoisotopic (exact) mass is 236 g/mol. The molecule has 0 unspecified atom stereocenters. The van der Waals surface area contributed by atoms with Gasteiger partial charge in [-0.3, -0.25) is 0 Å². The molecule has 5 heteroatoms. The molecule has 0 saturated carbocycles. The number of rotatable bonds is 0. The van der Waals surface area contributed by atoms with Crippen molar-refractivity contribution in [2.45, 2.75) is 0 Å². The minimum atomic E-state index is 0.259. The van der Waals surface area contributed by atoms with E-state index in [9.17, 15) is 0 Å². The van der Waals surface area contributed by atoms with Crippen molar-refractivity contribution in [2.24, 2.45) is 0 Å². The topological polar surface area (TPSA) is 67.1 Å². The summed E-state index contributed by atoms with van der Waals surface area (Å²) < 4.78 is 2.40. The average molecular weight is 237 g/mol. The number of nitriles is 1. The van der Waals surface area contributed by atoms with E-state index in [4.69, 9.17) is 11.0 Å². The van der Waals surface area contributed by atoms with Gasteiger partial charge in [0.1, 0.15) is 17.1 Å². The van der Waals surface area contributed by atoms with Gasteiger partial charge in [0.25, 0.3) is 0 Å². The van der Waals surface area contributed by atoms with Gasteiger partial charge in [0.15, 0.2) is 5.82 Å². The molecule has 0 atom stereocenters. The largest absolute Gasteiger partial charge is 0.381 e. The van der Waals surface area contributed by atoms with Gasteiger partial charge < -0.3 is 5.73 Å². The molecule has 0 radical (unpaired) electrons. The lowest BCUT2D eigenvalue weighted by Crippen LogP contribution is -1.88. The highest BCUT2D eigenvalue weighted by atomic mass is 79.9. The molecule has 2 aromatic rings. The Labute approximate surface area is 82.7 Å². The van der Waals surface area contributed by atoms with Crippen molar-refractivity contribution in [2.75, 3.05) is 5.73 Å². The van der Waals surface area contributed by atoms with E-state index >= 15 is 0 Å². The molecule has 0 aromatic carbocycles. The maximum Gasteiger partial charge on any atom is 0.164 e. The highest BCUT2D eigenvalue weighted by molar-refractivity contribution is 9.10. The Kier molecular flexibility index (Phi) is 1.71. The van der Waals surface area contributed by atoms with Gasteiger partial charge >= 0.3 is 0 Å². The number of halogens is 1. The van der Waals surface area contributed by atoms with Crippen LogP contribution in [0, 0.1) is 11.3 Å². The summed E-state index contributed by atoms with van der Waals surface area (Å²) in [5, 5.41) is 12.8. The standard InChI is InChI=1S/C8H5BrN4/c9-6-2-1-3-13-7(6)5(4-10)8(11)12-13/h1-3H,(H2,11,12). The highest BCUT2D eigenvalue weighted by Crippen LogP contribution is 2.24. The van der Waals surface area contributed by atoms with Gasteiger partial charge in [-0.2, -0.15) is 5.26 Å². The Morgan fingerprint density at radius 2 is 2.38 bits per heavy atom. The Bertz CT molecular complexity index is 509. The predicted molar refractivity (Wildman–Crippen MR) is 52.0 cm³/mol. The van der Waals surface area contributed by atoms with E-state index in [1.54, 1.807) is 10.7 Å². The summed E-state index contributed by atoms with van der Waals surface area (Å²) in [5.74, 6) is 0.259. The van der Waals surface area contributed by atoms with Gasteiger partial charge in [0.2, 0.25) is 0 Å². The summed E-state index contributed by atoms with van der Waals surface area (Å²) in [6, 6.07) is 5.69. The third kappa shape index (κ3) is 1.07. The smallest absolute Gasteiger partial charge is 0.164 e. The molecule has 2 heterocycles. The lowest BCUT2D eigenvalue weighted by Gasteiger charge is -1.93. The lowest BCUT2D eigenvalue weighted by molar-refractivity contribution is 0.965. The van der Waals surface area contributed by atoms with Crippen LogP contribution in [0.15, 0.2) is 22.8 Å². The SMILES string of the molecule is N#Cc1c(N)nn2cccc(Br)c12. The molecule has 0 fully saturated rings. The third-order valence-corrected chi connectivity index (χ3v) is 2.39. The van der Waals surface area contributed by atoms with Crippen LogP contribution in [-0.4, -0.2) is 9.61 Å². The summed E-state index contributed by atoms with van der Waals surface area (Å²) in [7, 11) is 0. The van der Waals surface area contributed by atoms with Crippen LogP contribution in [0.25, 0.3) is 5.52 Å². The van der Waals surface area contributed by atoms with E-state index in [1.165, 1.54) is 0 Å². The van der Waals surface area contributed by atoms with Crippen molar-refractivity contribution in [1.82, 2.24) is 9.61 Å². The Morgan fingerprint density at radius 3 is 3.08 bits per heavy atom. The van der Waals surface area contributed by atoms with Crippen molar-refractivity contribution in [3.05, 3.63) is 28.4 Å². The molecule has 0 bridgehead atoms. The molecule has 2 N–H and O–H groups in total. The van der Waals surface area contributed by atoms with Crippen LogP contribution in [0.4, 0.5) is 5.82 Å². The first-order valence-corrected chi connectivity index (χ1v) is 4.36. The normalized spacial score (nSPS) is 10.2. The fourth-order valence-electron chi connectivity index (χ4n) is 1.19. The maximum atomic E-state index is 8.83. The van der Waals surface area contributed by atoms with E-state index in [1.807, 2.05) is 18.2 Å². The van der Waals surface area contributed by atoms with Crippen LogP contribution >= 0.6 is 15.9 Å². The summed E-state index contributed by atoms with van der Waals surface area (Å²) in [4.78, 5) is 0. The van der Waals surface area contributed by atoms with Crippen molar-refractivity contribution in [3.8, 4) is 6.07 Å². The third-order valence-electron chi connectivity index (χ3n) is 1.75. The number of fused-ring (bicyclic) bond motifs is 1. The number of aromatic nitrogens is 2. The molecule has 2 aromatic heterocycles. The number of pyridine rings is 1. The molecule has 0 spiro atoms. The zero-order chi connectivity index (χ0) is 9.42. The number of nitrogens with zero attached hydrogens (tertiary/aromatic N) is 3. The minimum absolute atomic E-state index is 0.259. The summed E-state index contributed by atoms with van der Waals surface area (Å²) in [6.45, 7) is 0. The highest BCUT2D eigenvalue weighted by Gasteiger charge is 2.11. The van der Waals surface area contributed by atoms with Gasteiger partial charge in [-0.25, -0.2) is 4.52 Å². The van der Waals surface area contributed by atoms with Gasteiger partial charge in [0.05, 0.1) is 0 Å². The van der Waals surface area contributed by atoms with Crippen molar-refractivity contribution >= 4 is 27.3 Å². The van der Waals surface area contributed by atoms with Crippen molar-refractivity contribution in [3.63, 3.8) is 0 Å². The molecule has 4 nitrogen and oxygen atoms in total. The number of anilines is 1. The molecule has 13 heavy (non-hydrogen) atoms. The number of hydrogen-bond donors (Lipinski definition) is 1. The first-order chi connectivity index (χ1) is 6.24. The molecule has 0 aliphatic carbocycles.